The number of carbonyl (C=O) groups is 2. The van der Waals surface area contributed by atoms with Gasteiger partial charge >= 0.3 is 5.97 Å². The average Bonchev–Trinajstić information content (AvgIpc) is 3.03. The Morgan fingerprint density at radius 1 is 1.11 bits per heavy atom. The second kappa shape index (κ2) is 7.32. The standard InChI is InChI=1S/C19H16FNO5S/c1-2-17(22)21-27(24,25)15-9-5-12(6-10-15)16-11-26-19(23)18(16)13-3-7-14(20)8-4-13/h3-11,18H,2H2,1H3,(H,21,22). The molecule has 2 aromatic carbocycles. The van der Waals surface area contributed by atoms with Crippen molar-refractivity contribution in [2.24, 2.45) is 0 Å². The number of sulfonamides is 1. The second-order valence-electron chi connectivity index (χ2n) is 5.90. The van der Waals surface area contributed by atoms with Gasteiger partial charge < -0.3 is 4.74 Å². The van der Waals surface area contributed by atoms with Crippen molar-refractivity contribution < 1.29 is 27.1 Å². The van der Waals surface area contributed by atoms with Crippen LogP contribution in [-0.2, 0) is 24.3 Å². The van der Waals surface area contributed by atoms with Gasteiger partial charge in [0, 0.05) is 12.0 Å². The van der Waals surface area contributed by atoms with Gasteiger partial charge in [0.1, 0.15) is 11.7 Å². The average molecular weight is 389 g/mol. The van der Waals surface area contributed by atoms with E-state index in [1.54, 1.807) is 6.92 Å². The fourth-order valence-electron chi connectivity index (χ4n) is 2.70. The van der Waals surface area contributed by atoms with E-state index in [4.69, 9.17) is 4.74 Å². The first kappa shape index (κ1) is 18.8. The Bertz CT molecular complexity index is 1010. The van der Waals surface area contributed by atoms with Crippen LogP contribution in [0, 0.1) is 5.82 Å². The third-order valence-corrected chi connectivity index (χ3v) is 5.51. The van der Waals surface area contributed by atoms with Crippen molar-refractivity contribution in [2.45, 2.75) is 24.2 Å². The zero-order chi connectivity index (χ0) is 19.6. The molecule has 1 N–H and O–H groups in total. The third-order valence-electron chi connectivity index (χ3n) is 4.12. The molecule has 27 heavy (non-hydrogen) atoms. The van der Waals surface area contributed by atoms with Crippen LogP contribution in [0.5, 0.6) is 0 Å². The molecular weight excluding hydrogens is 373 g/mol. The number of hydrogen-bond acceptors (Lipinski definition) is 5. The van der Waals surface area contributed by atoms with Gasteiger partial charge in [-0.1, -0.05) is 31.2 Å². The number of hydrogen-bond donors (Lipinski definition) is 1. The van der Waals surface area contributed by atoms with Gasteiger partial charge in [-0.05, 0) is 35.4 Å². The molecule has 140 valence electrons. The number of cyclic esters (lactones) is 1. The van der Waals surface area contributed by atoms with E-state index in [-0.39, 0.29) is 11.3 Å². The molecule has 0 aromatic heterocycles. The summed E-state index contributed by atoms with van der Waals surface area (Å²) in [5, 5.41) is 0. The van der Waals surface area contributed by atoms with E-state index in [1.165, 1.54) is 54.8 Å². The van der Waals surface area contributed by atoms with Crippen molar-refractivity contribution in [3.8, 4) is 0 Å². The largest absolute Gasteiger partial charge is 0.433 e. The van der Waals surface area contributed by atoms with Crippen molar-refractivity contribution >= 4 is 27.5 Å². The van der Waals surface area contributed by atoms with E-state index in [0.717, 1.165) is 0 Å². The van der Waals surface area contributed by atoms with E-state index >= 15 is 0 Å². The van der Waals surface area contributed by atoms with E-state index in [2.05, 4.69) is 0 Å². The maximum atomic E-state index is 13.1. The zero-order valence-corrected chi connectivity index (χ0v) is 15.1. The molecule has 8 heteroatoms. The van der Waals surface area contributed by atoms with Gasteiger partial charge in [-0.3, -0.25) is 9.59 Å². The van der Waals surface area contributed by atoms with Gasteiger partial charge in [0.2, 0.25) is 5.91 Å². The highest BCUT2D eigenvalue weighted by molar-refractivity contribution is 7.90. The summed E-state index contributed by atoms with van der Waals surface area (Å²) in [6, 6.07) is 11.2. The first-order chi connectivity index (χ1) is 12.8. The molecule has 0 fully saturated rings. The Morgan fingerprint density at radius 3 is 2.33 bits per heavy atom. The number of rotatable bonds is 5. The van der Waals surface area contributed by atoms with Gasteiger partial charge in [0.15, 0.2) is 0 Å². The molecular formula is C19H16FNO5S. The lowest BCUT2D eigenvalue weighted by Crippen LogP contribution is -2.29. The maximum Gasteiger partial charge on any atom is 0.322 e. The molecule has 0 saturated heterocycles. The Hall–Kier alpha value is -3.00. The molecule has 1 heterocycles. The fraction of sp³-hybridized carbons (Fsp3) is 0.158. The summed E-state index contributed by atoms with van der Waals surface area (Å²) in [5.41, 5.74) is 1.68. The van der Waals surface area contributed by atoms with Crippen LogP contribution in [0.2, 0.25) is 0 Å². The quantitative estimate of drug-likeness (QED) is 0.795. The predicted octanol–water partition coefficient (Wildman–Crippen LogP) is 2.72. The number of carbonyl (C=O) groups excluding carboxylic acids is 2. The van der Waals surface area contributed by atoms with Crippen molar-refractivity contribution in [1.29, 1.82) is 0 Å². The number of halogens is 1. The van der Waals surface area contributed by atoms with Crippen LogP contribution < -0.4 is 4.72 Å². The molecule has 0 spiro atoms. The molecule has 0 saturated carbocycles. The van der Waals surface area contributed by atoms with Crippen LogP contribution in [0.25, 0.3) is 5.57 Å². The highest BCUT2D eigenvalue weighted by Crippen LogP contribution is 2.38. The number of esters is 1. The Balaban J connectivity index is 1.89. The number of ether oxygens (including phenoxy) is 1. The van der Waals surface area contributed by atoms with Crippen molar-refractivity contribution in [3.63, 3.8) is 0 Å². The van der Waals surface area contributed by atoms with Gasteiger partial charge in [-0.25, -0.2) is 17.5 Å². The molecule has 0 bridgehead atoms. The van der Waals surface area contributed by atoms with Crippen LogP contribution >= 0.6 is 0 Å². The molecule has 1 unspecified atom stereocenters. The highest BCUT2D eigenvalue weighted by Gasteiger charge is 2.33. The molecule has 3 rings (SSSR count). The maximum absolute atomic E-state index is 13.1. The van der Waals surface area contributed by atoms with Crippen molar-refractivity contribution in [1.82, 2.24) is 4.72 Å². The summed E-state index contributed by atoms with van der Waals surface area (Å²) in [6.45, 7) is 1.55. The Morgan fingerprint density at radius 2 is 1.74 bits per heavy atom. The van der Waals surface area contributed by atoms with Crippen molar-refractivity contribution in [3.05, 3.63) is 71.7 Å². The lowest BCUT2D eigenvalue weighted by molar-refractivity contribution is -0.136. The van der Waals surface area contributed by atoms with Crippen molar-refractivity contribution in [2.75, 3.05) is 0 Å². The molecule has 6 nitrogen and oxygen atoms in total. The Labute approximate surface area is 155 Å². The summed E-state index contributed by atoms with van der Waals surface area (Å²) in [5.74, 6) is -2.25. The monoisotopic (exact) mass is 389 g/mol. The SMILES string of the molecule is CCC(=O)NS(=O)(=O)c1ccc(C2=COC(=O)C2c2ccc(F)cc2)cc1. The summed E-state index contributed by atoms with van der Waals surface area (Å²) < 4.78 is 44.4. The smallest absolute Gasteiger partial charge is 0.322 e. The van der Waals surface area contributed by atoms with Gasteiger partial charge in [0.05, 0.1) is 11.2 Å². The van der Waals surface area contributed by atoms with Crippen LogP contribution in [0.1, 0.15) is 30.4 Å². The van der Waals surface area contributed by atoms with Crippen LogP contribution in [0.15, 0.2) is 59.7 Å². The molecule has 1 aliphatic heterocycles. The summed E-state index contributed by atoms with van der Waals surface area (Å²) in [4.78, 5) is 23.4. The summed E-state index contributed by atoms with van der Waals surface area (Å²) >= 11 is 0. The minimum absolute atomic E-state index is 0.0446. The molecule has 1 amide bonds. The predicted molar refractivity (Wildman–Crippen MR) is 95.3 cm³/mol. The van der Waals surface area contributed by atoms with E-state index in [9.17, 15) is 22.4 Å². The highest BCUT2D eigenvalue weighted by atomic mass is 32.2. The number of nitrogens with one attached hydrogen (secondary N) is 1. The summed E-state index contributed by atoms with van der Waals surface area (Å²) in [7, 11) is -3.95. The molecule has 0 aliphatic carbocycles. The lowest BCUT2D eigenvalue weighted by Gasteiger charge is -2.13. The minimum Gasteiger partial charge on any atom is -0.433 e. The number of amides is 1. The number of benzene rings is 2. The van der Waals surface area contributed by atoms with E-state index in [1.807, 2.05) is 4.72 Å². The van der Waals surface area contributed by atoms with Gasteiger partial charge in [-0.15, -0.1) is 0 Å². The minimum atomic E-state index is -3.95. The fourth-order valence-corrected chi connectivity index (χ4v) is 3.75. The second-order valence-corrected chi connectivity index (χ2v) is 7.58. The first-order valence-corrected chi connectivity index (χ1v) is 9.62. The Kier molecular flexibility index (Phi) is 5.09. The molecule has 1 aliphatic rings. The molecule has 1 atom stereocenters. The normalized spacial score (nSPS) is 16.6. The topological polar surface area (TPSA) is 89.5 Å². The summed E-state index contributed by atoms with van der Waals surface area (Å²) in [6.07, 6.45) is 1.35. The molecule has 0 radical (unpaired) electrons. The zero-order valence-electron chi connectivity index (χ0n) is 14.3. The molecule has 2 aromatic rings. The van der Waals surface area contributed by atoms with E-state index < -0.39 is 33.6 Å². The first-order valence-electron chi connectivity index (χ1n) is 8.14. The van der Waals surface area contributed by atoms with E-state index in [0.29, 0.717) is 16.7 Å². The lowest BCUT2D eigenvalue weighted by atomic mass is 9.89. The van der Waals surface area contributed by atoms with Gasteiger partial charge in [0.25, 0.3) is 10.0 Å². The van der Waals surface area contributed by atoms with Crippen LogP contribution in [0.4, 0.5) is 4.39 Å². The van der Waals surface area contributed by atoms with Gasteiger partial charge in [-0.2, -0.15) is 0 Å². The van der Waals surface area contributed by atoms with Crippen LogP contribution in [0.3, 0.4) is 0 Å². The van der Waals surface area contributed by atoms with Crippen LogP contribution in [-0.4, -0.2) is 20.3 Å². The third kappa shape index (κ3) is 3.90.